The Kier molecular flexibility index (Phi) is 6.54. The SMILES string of the molecule is O=C(O)CC1(CSC2=c3cc(/C=C/c4ccc5cc(F)c(Cl)cc5n4)ccc3=CC=C3N=CCC=C32)CC1. The van der Waals surface area contributed by atoms with Gasteiger partial charge in [-0.25, -0.2) is 9.37 Å². The third kappa shape index (κ3) is 5.11. The van der Waals surface area contributed by atoms with E-state index in [4.69, 9.17) is 11.6 Å². The maximum absolute atomic E-state index is 13.8. The van der Waals surface area contributed by atoms with Crippen molar-refractivity contribution in [3.8, 4) is 0 Å². The van der Waals surface area contributed by atoms with Crippen LogP contribution >= 0.6 is 23.4 Å². The molecule has 1 N–H and O–H groups in total. The van der Waals surface area contributed by atoms with E-state index in [2.05, 4.69) is 46.4 Å². The number of halogens is 2. The summed E-state index contributed by atoms with van der Waals surface area (Å²) >= 11 is 7.70. The number of carbonyl (C=O) groups is 1. The van der Waals surface area contributed by atoms with Gasteiger partial charge < -0.3 is 5.11 Å². The molecule has 3 aromatic rings. The Morgan fingerprint density at radius 2 is 2.00 bits per heavy atom. The predicted octanol–water partition coefficient (Wildman–Crippen LogP) is 6.37. The summed E-state index contributed by atoms with van der Waals surface area (Å²) in [5.74, 6) is -0.415. The summed E-state index contributed by atoms with van der Waals surface area (Å²) < 4.78 is 13.8. The Morgan fingerprint density at radius 1 is 1.13 bits per heavy atom. The second kappa shape index (κ2) is 10.0. The van der Waals surface area contributed by atoms with Crippen molar-refractivity contribution in [1.82, 2.24) is 4.98 Å². The number of allylic oxidation sites excluding steroid dienone is 3. The fourth-order valence-corrected chi connectivity index (χ4v) is 6.50. The molecule has 6 rings (SSSR count). The third-order valence-electron chi connectivity index (χ3n) is 7.13. The summed E-state index contributed by atoms with van der Waals surface area (Å²) in [6, 6.07) is 13.0. The van der Waals surface area contributed by atoms with Crippen molar-refractivity contribution in [3.63, 3.8) is 0 Å². The topological polar surface area (TPSA) is 62.5 Å². The average molecular weight is 543 g/mol. The van der Waals surface area contributed by atoms with Gasteiger partial charge in [-0.3, -0.25) is 9.79 Å². The van der Waals surface area contributed by atoms with Crippen LogP contribution in [0.4, 0.5) is 4.39 Å². The highest BCUT2D eigenvalue weighted by Crippen LogP contribution is 2.53. The normalized spacial score (nSPS) is 17.4. The number of dihydropyridines is 1. The summed E-state index contributed by atoms with van der Waals surface area (Å²) in [5, 5.41) is 12.4. The second-order valence-electron chi connectivity index (χ2n) is 9.95. The summed E-state index contributed by atoms with van der Waals surface area (Å²) in [7, 11) is 0. The van der Waals surface area contributed by atoms with Gasteiger partial charge in [0.1, 0.15) is 5.82 Å². The van der Waals surface area contributed by atoms with Crippen LogP contribution in [0.25, 0.3) is 34.0 Å². The first kappa shape index (κ1) is 24.8. The molecule has 1 fully saturated rings. The summed E-state index contributed by atoms with van der Waals surface area (Å²) in [4.78, 5) is 21.8. The van der Waals surface area contributed by atoms with Crippen LogP contribution in [0, 0.1) is 11.2 Å². The number of benzene rings is 2. The molecule has 0 bridgehead atoms. The number of aromatic nitrogens is 1. The van der Waals surface area contributed by atoms with Gasteiger partial charge in [0.15, 0.2) is 0 Å². The van der Waals surface area contributed by atoms with Gasteiger partial charge in [-0.15, -0.1) is 11.8 Å². The molecular formula is C31H24ClFN2O2S. The number of pyridine rings is 1. The molecule has 1 aromatic heterocycles. The molecular weight excluding hydrogens is 519 g/mol. The maximum Gasteiger partial charge on any atom is 0.303 e. The van der Waals surface area contributed by atoms with Crippen LogP contribution in [0.15, 0.2) is 70.9 Å². The molecule has 3 aliphatic rings. The molecule has 0 saturated heterocycles. The van der Waals surface area contributed by atoms with Crippen LogP contribution in [0.3, 0.4) is 0 Å². The molecule has 190 valence electrons. The van der Waals surface area contributed by atoms with Gasteiger partial charge >= 0.3 is 5.97 Å². The monoisotopic (exact) mass is 542 g/mol. The first-order valence-electron chi connectivity index (χ1n) is 12.5. The van der Waals surface area contributed by atoms with Crippen LogP contribution in [0.1, 0.15) is 36.9 Å². The van der Waals surface area contributed by atoms with Crippen molar-refractivity contribution in [1.29, 1.82) is 0 Å². The molecule has 4 nitrogen and oxygen atoms in total. The van der Waals surface area contributed by atoms with Crippen molar-refractivity contribution in [2.24, 2.45) is 10.4 Å². The fraction of sp³-hybridized carbons (Fsp3) is 0.194. The van der Waals surface area contributed by atoms with Crippen molar-refractivity contribution >= 4 is 69.6 Å². The molecule has 38 heavy (non-hydrogen) atoms. The molecule has 0 radical (unpaired) electrons. The summed E-state index contributed by atoms with van der Waals surface area (Å²) in [6.07, 6.45) is 15.1. The quantitative estimate of drug-likeness (QED) is 0.377. The van der Waals surface area contributed by atoms with Crippen LogP contribution in [-0.4, -0.2) is 28.0 Å². The highest BCUT2D eigenvalue weighted by Gasteiger charge is 2.44. The molecule has 2 heterocycles. The molecule has 0 atom stereocenters. The highest BCUT2D eigenvalue weighted by atomic mass is 35.5. The maximum atomic E-state index is 13.8. The van der Waals surface area contributed by atoms with Crippen molar-refractivity contribution in [2.45, 2.75) is 25.7 Å². The third-order valence-corrected chi connectivity index (χ3v) is 8.90. The lowest BCUT2D eigenvalue weighted by Crippen LogP contribution is -2.27. The summed E-state index contributed by atoms with van der Waals surface area (Å²) in [6.45, 7) is 0. The minimum atomic E-state index is -0.730. The first-order valence-corrected chi connectivity index (χ1v) is 13.8. The van der Waals surface area contributed by atoms with Crippen molar-refractivity contribution in [3.05, 3.63) is 98.4 Å². The molecule has 0 unspecified atom stereocenters. The van der Waals surface area contributed by atoms with Crippen LogP contribution in [-0.2, 0) is 4.79 Å². The van der Waals surface area contributed by atoms with E-state index in [1.54, 1.807) is 17.8 Å². The van der Waals surface area contributed by atoms with Gasteiger partial charge in [0.05, 0.1) is 28.4 Å². The molecule has 7 heteroatoms. The lowest BCUT2D eigenvalue weighted by Gasteiger charge is -2.18. The number of hydrogen-bond acceptors (Lipinski definition) is 4. The molecule has 1 saturated carbocycles. The zero-order valence-electron chi connectivity index (χ0n) is 20.5. The van der Waals surface area contributed by atoms with Crippen molar-refractivity contribution in [2.75, 3.05) is 5.75 Å². The van der Waals surface area contributed by atoms with E-state index in [0.717, 1.165) is 62.9 Å². The molecule has 0 amide bonds. The Balaban J connectivity index is 1.37. The van der Waals surface area contributed by atoms with Gasteiger partial charge in [-0.05, 0) is 70.7 Å². The second-order valence-corrected chi connectivity index (χ2v) is 11.3. The van der Waals surface area contributed by atoms with E-state index < -0.39 is 11.8 Å². The van der Waals surface area contributed by atoms with E-state index in [1.165, 1.54) is 6.07 Å². The van der Waals surface area contributed by atoms with Gasteiger partial charge in [0.25, 0.3) is 0 Å². The molecule has 2 aromatic carbocycles. The van der Waals surface area contributed by atoms with Crippen LogP contribution in [0.5, 0.6) is 0 Å². The molecule has 0 spiro atoms. The average Bonchev–Trinajstić information content (AvgIpc) is 3.68. The number of aliphatic carboxylic acids is 1. The van der Waals surface area contributed by atoms with Gasteiger partial charge in [0, 0.05) is 34.3 Å². The lowest BCUT2D eigenvalue weighted by molar-refractivity contribution is -0.138. The fourth-order valence-electron chi connectivity index (χ4n) is 4.83. The Bertz CT molecular complexity index is 1730. The smallest absolute Gasteiger partial charge is 0.303 e. The number of thioether (sulfide) groups is 1. The number of rotatable bonds is 7. The Hall–Kier alpha value is -3.48. The Labute approximate surface area is 228 Å². The minimum absolute atomic E-state index is 0.0550. The number of carboxylic acids is 1. The van der Waals surface area contributed by atoms with E-state index in [-0.39, 0.29) is 16.9 Å². The first-order chi connectivity index (χ1) is 18.4. The standard InChI is InChI=1S/C31H24ClFN2O2S/c32-25-16-28-21(15-26(25)33)6-9-22(35-28)8-4-19-3-5-20-7-10-27-23(2-1-13-34-27)30(24(20)14-19)38-18-31(11-12-31)17-29(36)37/h2-10,13-16H,1,11-12,17-18H2,(H,36,37)/b8-4+. The zero-order chi connectivity index (χ0) is 26.3. The van der Waals surface area contributed by atoms with E-state index in [9.17, 15) is 14.3 Å². The van der Waals surface area contributed by atoms with Crippen LogP contribution in [0.2, 0.25) is 5.02 Å². The number of aliphatic imine (C=N–C) groups is 1. The largest absolute Gasteiger partial charge is 0.481 e. The zero-order valence-corrected chi connectivity index (χ0v) is 22.0. The molecule has 1 aliphatic heterocycles. The van der Waals surface area contributed by atoms with Gasteiger partial charge in [0.2, 0.25) is 0 Å². The number of carboxylic acid groups (broad SMARTS) is 1. The summed E-state index contributed by atoms with van der Waals surface area (Å²) in [5.41, 5.74) is 4.33. The minimum Gasteiger partial charge on any atom is -0.481 e. The molecule has 2 aliphatic carbocycles. The van der Waals surface area contributed by atoms with Gasteiger partial charge in [-0.1, -0.05) is 48.0 Å². The predicted molar refractivity (Wildman–Crippen MR) is 155 cm³/mol. The van der Waals surface area contributed by atoms with Gasteiger partial charge in [-0.2, -0.15) is 0 Å². The number of hydrogen-bond donors (Lipinski definition) is 1. The van der Waals surface area contributed by atoms with Crippen molar-refractivity contribution < 1.29 is 14.3 Å². The van der Waals surface area contributed by atoms with E-state index in [0.29, 0.717) is 10.9 Å². The van der Waals surface area contributed by atoms with E-state index >= 15 is 0 Å². The van der Waals surface area contributed by atoms with Crippen LogP contribution < -0.4 is 10.4 Å². The lowest BCUT2D eigenvalue weighted by atomic mass is 10.1. The van der Waals surface area contributed by atoms with E-state index in [1.807, 2.05) is 30.5 Å². The highest BCUT2D eigenvalue weighted by molar-refractivity contribution is 8.08. The Morgan fingerprint density at radius 3 is 2.82 bits per heavy atom. The number of nitrogens with zero attached hydrogens (tertiary/aromatic N) is 2. The number of fused-ring (bicyclic) bond motifs is 3.